The molecule has 15 N–H and O–H groups in total. The van der Waals surface area contributed by atoms with Crippen LogP contribution in [0.4, 0.5) is 0 Å². The largest absolute Gasteiger partial charge is 0.370 e. The van der Waals surface area contributed by atoms with Gasteiger partial charge in [0.1, 0.15) is 0 Å². The average Bonchev–Trinajstić information content (AvgIpc) is 1.21. The molecule has 125 heavy (non-hydrogen) atoms. The molecule has 654 valence electrons. The Balaban J connectivity index is 0.000000171. The first-order valence-corrected chi connectivity index (χ1v) is 44.3. The molecule has 0 unspecified atom stereocenters. The number of likely N-dealkylation sites (tertiary alicyclic amines) is 1. The first-order chi connectivity index (χ1) is 60.9. The molecule has 0 aromatic heterocycles. The molecule has 7 amide bonds. The Kier molecular flexibility index (Phi) is 35.1. The standard InChI is InChI=1S/C37H46N4O2.C33H38N6O2.C31H39N7O3/c42-36(22-21-30-14-5-1-6-15-30)38-28-33-23-27-41(37(43)35(39-33)20-13-26-40-24-11-4-12-25-40)29-34(31-16-7-2-8-17-31)32-18-9-3-10-19-32;34-33(35)36-17-5-10-30-32(41)39(18-15-23-11-12-24-6-1-3-8-26(24)20-23)19-16-29(38-30)22-37-31(40)28-14-13-25-7-2-4-9-27(25)21-28;1-21(39)36-28(23-9-3-2-4-10-23)20-38-17-15-26(37-27(30(38)41)12-7-16-34-31(32)33)19-35-29(40)25-14-13-22-8-5-6-11-24(22)18-25/h1-3,5-10,14-19,21-22,33-35,39H,4,11-13,20,23-29H2,(H,38,42);1-4,6-9,11-14,20-21,29-30,38H,5,10,15-19,22H2,(H,37,40)(H4,34,35,36);2-6,8-11,13-14,18,26-28,37H,7,12,15-17,19-20H2,1H3,(H,35,40)(H,36,39)(H4,32,33,34)/b22-21+;;/t33-,35-;29-,30-;26-,27-,28+/m000/s1. The molecular formula is C101H123N17O7. The van der Waals surface area contributed by atoms with Gasteiger partial charge in [-0.2, -0.15) is 0 Å². The van der Waals surface area contributed by atoms with Crippen LogP contribution in [0.3, 0.4) is 0 Å². The molecule has 10 aromatic rings. The van der Waals surface area contributed by atoms with Gasteiger partial charge in [0, 0.05) is 120 Å². The summed E-state index contributed by atoms with van der Waals surface area (Å²) in [5.74, 6) is -0.195. The third kappa shape index (κ3) is 28.7. The Morgan fingerprint density at radius 3 is 1.32 bits per heavy atom. The molecule has 14 rings (SSSR count). The van der Waals surface area contributed by atoms with E-state index in [1.165, 1.54) is 66.7 Å². The van der Waals surface area contributed by atoms with Gasteiger partial charge in [-0.15, -0.1) is 0 Å². The van der Waals surface area contributed by atoms with Crippen molar-refractivity contribution in [2.45, 2.75) is 139 Å². The number of carbonyl (C=O) groups is 7. The minimum Gasteiger partial charge on any atom is -0.370 e. The Labute approximate surface area is 734 Å². The molecule has 0 radical (unpaired) electrons. The van der Waals surface area contributed by atoms with Crippen molar-refractivity contribution in [1.29, 1.82) is 0 Å². The maximum absolute atomic E-state index is 14.1. The zero-order valence-corrected chi connectivity index (χ0v) is 71.9. The lowest BCUT2D eigenvalue weighted by Crippen LogP contribution is -2.49. The van der Waals surface area contributed by atoms with Gasteiger partial charge in [-0.25, -0.2) is 0 Å². The Morgan fingerprint density at radius 1 is 0.432 bits per heavy atom. The van der Waals surface area contributed by atoms with E-state index in [-0.39, 0.29) is 95.4 Å². The third-order valence-corrected chi connectivity index (χ3v) is 23.8. The summed E-state index contributed by atoms with van der Waals surface area (Å²) in [5.41, 5.74) is 28.7. The summed E-state index contributed by atoms with van der Waals surface area (Å²) in [4.78, 5) is 109. The molecule has 0 spiro atoms. The number of carbonyl (C=O) groups excluding carboxylic acids is 7. The second-order valence-electron chi connectivity index (χ2n) is 33.0. The molecule has 0 saturated carbocycles. The smallest absolute Gasteiger partial charge is 0.251 e. The van der Waals surface area contributed by atoms with Crippen molar-refractivity contribution in [3.8, 4) is 0 Å². The van der Waals surface area contributed by atoms with Gasteiger partial charge in [0.15, 0.2) is 11.9 Å². The number of guanidine groups is 2. The van der Waals surface area contributed by atoms with E-state index in [9.17, 15) is 33.6 Å². The predicted molar refractivity (Wildman–Crippen MR) is 501 cm³/mol. The maximum atomic E-state index is 14.1. The lowest BCUT2D eigenvalue weighted by atomic mass is 9.90. The van der Waals surface area contributed by atoms with Gasteiger partial charge < -0.3 is 79.8 Å². The minimum absolute atomic E-state index is 0.0158. The number of rotatable bonds is 33. The van der Waals surface area contributed by atoms with E-state index in [2.05, 4.69) is 136 Å². The van der Waals surface area contributed by atoms with Gasteiger partial charge in [-0.05, 0) is 187 Å². The number of benzene rings is 10. The summed E-state index contributed by atoms with van der Waals surface area (Å²) >= 11 is 0. The van der Waals surface area contributed by atoms with Crippen molar-refractivity contribution < 1.29 is 33.6 Å². The Morgan fingerprint density at radius 2 is 0.840 bits per heavy atom. The van der Waals surface area contributed by atoms with Crippen molar-refractivity contribution in [2.75, 3.05) is 91.6 Å². The summed E-state index contributed by atoms with van der Waals surface area (Å²) in [6, 6.07) is 80.9. The Hall–Kier alpha value is -12.6. The van der Waals surface area contributed by atoms with Crippen molar-refractivity contribution in [1.82, 2.24) is 56.8 Å². The third-order valence-electron chi connectivity index (χ3n) is 23.8. The fourth-order valence-electron chi connectivity index (χ4n) is 17.0. The first kappa shape index (κ1) is 91.6. The second-order valence-corrected chi connectivity index (χ2v) is 33.0. The van der Waals surface area contributed by atoms with Crippen LogP contribution in [0.1, 0.15) is 144 Å². The van der Waals surface area contributed by atoms with Gasteiger partial charge in [0.2, 0.25) is 29.5 Å². The van der Waals surface area contributed by atoms with E-state index in [1.54, 1.807) is 11.0 Å². The van der Waals surface area contributed by atoms with E-state index in [4.69, 9.17) is 22.9 Å². The zero-order chi connectivity index (χ0) is 87.5. The zero-order valence-electron chi connectivity index (χ0n) is 71.9. The van der Waals surface area contributed by atoms with Crippen LogP contribution in [0, 0.1) is 0 Å². The highest BCUT2D eigenvalue weighted by molar-refractivity contribution is 6.00. The van der Waals surface area contributed by atoms with E-state index < -0.39 is 6.04 Å². The molecule has 4 aliphatic rings. The summed E-state index contributed by atoms with van der Waals surface area (Å²) < 4.78 is 0. The Bertz CT molecular complexity index is 5200. The summed E-state index contributed by atoms with van der Waals surface area (Å²) in [6.07, 6.45) is 14.4. The summed E-state index contributed by atoms with van der Waals surface area (Å²) in [5, 5.41) is 29.5. The molecule has 24 heteroatoms. The fourth-order valence-corrected chi connectivity index (χ4v) is 17.0. The number of nitrogens with one attached hydrogen (secondary N) is 7. The van der Waals surface area contributed by atoms with Crippen molar-refractivity contribution in [3.63, 3.8) is 0 Å². The van der Waals surface area contributed by atoms with Crippen LogP contribution in [0.25, 0.3) is 38.4 Å². The fraction of sp³-hybridized carbons (Fsp3) is 0.356. The van der Waals surface area contributed by atoms with Gasteiger partial charge >= 0.3 is 0 Å². The van der Waals surface area contributed by atoms with Crippen molar-refractivity contribution in [2.24, 2.45) is 32.9 Å². The highest BCUT2D eigenvalue weighted by Gasteiger charge is 2.36. The molecule has 24 nitrogen and oxygen atoms in total. The number of amides is 7. The second kappa shape index (κ2) is 47.9. The minimum atomic E-state index is -0.483. The first-order valence-electron chi connectivity index (χ1n) is 44.3. The van der Waals surface area contributed by atoms with E-state index in [0.29, 0.717) is 115 Å². The highest BCUT2D eigenvalue weighted by atomic mass is 16.2. The molecule has 10 aromatic carbocycles. The number of nitrogens with two attached hydrogens (primary N) is 4. The number of nitrogens with zero attached hydrogens (tertiary/aromatic N) is 6. The van der Waals surface area contributed by atoms with Crippen LogP contribution >= 0.6 is 0 Å². The number of hydrogen-bond donors (Lipinski definition) is 11. The van der Waals surface area contributed by atoms with Gasteiger partial charge in [-0.3, -0.25) is 43.5 Å². The topological polar surface area (TPSA) is 345 Å². The molecule has 0 bridgehead atoms. The van der Waals surface area contributed by atoms with Crippen molar-refractivity contribution >= 4 is 91.7 Å². The number of piperidine rings is 1. The number of aliphatic imine (C=N–C) groups is 2. The van der Waals surface area contributed by atoms with Crippen LogP contribution in [0.15, 0.2) is 265 Å². The van der Waals surface area contributed by atoms with E-state index in [0.717, 1.165) is 71.3 Å². The SMILES string of the molecule is CC(=O)N[C@H](CN1CC[C@@H](CNC(=O)c2ccc3ccccc3c2)N[C@@H](CCCN=C(N)N)C1=O)c1ccccc1.NC(N)=NCCC[C@@H]1N[C@H](CNC(=O)c2ccc3ccccc3c2)CCN(CCc2ccc3ccccc3c2)C1=O.O=C(/C=C/c1ccccc1)NC[C@@H]1CCN(CC(c2ccccc2)c2ccccc2)C(=O)[C@H](CCCN2CCCCC2)N1. The number of hydrogen-bond acceptors (Lipinski definition) is 13. The van der Waals surface area contributed by atoms with Crippen LogP contribution in [-0.2, 0) is 30.4 Å². The lowest BCUT2D eigenvalue weighted by Gasteiger charge is -2.30. The van der Waals surface area contributed by atoms with E-state index >= 15 is 0 Å². The summed E-state index contributed by atoms with van der Waals surface area (Å²) in [7, 11) is 0. The summed E-state index contributed by atoms with van der Waals surface area (Å²) in [6.45, 7) is 10.4. The molecular weight excluding hydrogens is 1560 g/mol. The van der Waals surface area contributed by atoms with Crippen molar-refractivity contribution in [3.05, 3.63) is 294 Å². The van der Waals surface area contributed by atoms with Crippen LogP contribution in [0.5, 0.6) is 0 Å². The monoisotopic (exact) mass is 1690 g/mol. The maximum Gasteiger partial charge on any atom is 0.251 e. The molecule has 4 aliphatic heterocycles. The molecule has 0 aliphatic carbocycles. The van der Waals surface area contributed by atoms with Crippen LogP contribution in [-0.4, -0.2) is 201 Å². The van der Waals surface area contributed by atoms with Gasteiger partial charge in [0.25, 0.3) is 11.8 Å². The van der Waals surface area contributed by atoms with E-state index in [1.807, 2.05) is 181 Å². The molecule has 4 saturated heterocycles. The molecule has 4 fully saturated rings. The quantitative estimate of drug-likeness (QED) is 0.00788. The normalized spacial score (nSPS) is 18.4. The number of fused-ring (bicyclic) bond motifs is 3. The van der Waals surface area contributed by atoms with Crippen LogP contribution < -0.4 is 60.2 Å². The highest BCUT2D eigenvalue weighted by Crippen LogP contribution is 2.29. The van der Waals surface area contributed by atoms with Gasteiger partial charge in [0.05, 0.1) is 24.2 Å². The lowest BCUT2D eigenvalue weighted by molar-refractivity contribution is -0.134. The van der Waals surface area contributed by atoms with Crippen LogP contribution in [0.2, 0.25) is 0 Å². The predicted octanol–water partition coefficient (Wildman–Crippen LogP) is 11.1. The molecule has 4 heterocycles. The van der Waals surface area contributed by atoms with Gasteiger partial charge in [-0.1, -0.05) is 231 Å². The molecule has 7 atom stereocenters. The average molecular weight is 1690 g/mol.